The molecule has 21 heavy (non-hydrogen) atoms. The molecule has 2 heterocycles. The molecular weight excluding hydrogens is 278 g/mol. The highest BCUT2D eigenvalue weighted by Gasteiger charge is 2.47. The number of rotatable bonds is 3. The number of ether oxygens (including phenoxy) is 1. The second-order valence-electron chi connectivity index (χ2n) is 5.44. The Labute approximate surface area is 121 Å². The molecule has 1 fully saturated rings. The summed E-state index contributed by atoms with van der Waals surface area (Å²) < 4.78 is 6.93. The van der Waals surface area contributed by atoms with Crippen molar-refractivity contribution in [3.05, 3.63) is 32.6 Å². The van der Waals surface area contributed by atoms with Gasteiger partial charge in [0.2, 0.25) is 0 Å². The van der Waals surface area contributed by atoms with E-state index in [-0.39, 0.29) is 5.91 Å². The molecule has 1 aromatic heterocycles. The zero-order chi connectivity index (χ0) is 15.8. The fourth-order valence-electron chi connectivity index (χ4n) is 2.48. The van der Waals surface area contributed by atoms with Gasteiger partial charge in [-0.15, -0.1) is 0 Å². The van der Waals surface area contributed by atoms with Gasteiger partial charge in [0.25, 0.3) is 11.5 Å². The minimum absolute atomic E-state index is 0.301. The molecule has 2 rings (SSSR count). The smallest absolute Gasteiger partial charge is 0.330 e. The predicted octanol–water partition coefficient (Wildman–Crippen LogP) is -1.03. The molecule has 0 saturated carbocycles. The van der Waals surface area contributed by atoms with Crippen molar-refractivity contribution in [3.63, 3.8) is 0 Å². The van der Waals surface area contributed by atoms with Crippen LogP contribution in [-0.2, 0) is 9.53 Å². The molecule has 1 saturated heterocycles. The molecule has 8 nitrogen and oxygen atoms in total. The summed E-state index contributed by atoms with van der Waals surface area (Å²) in [5.74, 6) is -0.346. The molecule has 0 bridgehead atoms. The lowest BCUT2D eigenvalue weighted by Crippen LogP contribution is -2.49. The number of amides is 1. The van der Waals surface area contributed by atoms with E-state index in [4.69, 9.17) is 4.74 Å². The number of aliphatic hydroxyl groups excluding tert-OH is 1. The van der Waals surface area contributed by atoms with Crippen molar-refractivity contribution in [1.82, 2.24) is 14.5 Å². The normalized spacial score (nSPS) is 25.0. The number of nitrogens with zero attached hydrogens (tertiary/aromatic N) is 2. The van der Waals surface area contributed by atoms with Crippen LogP contribution in [0.15, 0.2) is 15.8 Å². The second-order valence-corrected chi connectivity index (χ2v) is 5.44. The van der Waals surface area contributed by atoms with Gasteiger partial charge in [-0.3, -0.25) is 19.1 Å². The zero-order valence-electron chi connectivity index (χ0n) is 12.3. The monoisotopic (exact) mass is 297 g/mol. The Morgan fingerprint density at radius 3 is 2.81 bits per heavy atom. The molecule has 0 aromatic carbocycles. The molecule has 1 aliphatic rings. The summed E-state index contributed by atoms with van der Waals surface area (Å²) in [5.41, 5.74) is -2.01. The third-order valence-electron chi connectivity index (χ3n) is 3.66. The van der Waals surface area contributed by atoms with Gasteiger partial charge in [-0.25, -0.2) is 4.79 Å². The van der Waals surface area contributed by atoms with Gasteiger partial charge in [-0.1, -0.05) is 0 Å². The van der Waals surface area contributed by atoms with Crippen LogP contribution in [0.1, 0.15) is 24.6 Å². The van der Waals surface area contributed by atoms with Crippen LogP contribution in [0, 0.1) is 6.92 Å². The molecule has 0 unspecified atom stereocenters. The van der Waals surface area contributed by atoms with Gasteiger partial charge >= 0.3 is 5.69 Å². The van der Waals surface area contributed by atoms with Crippen molar-refractivity contribution in [2.45, 2.75) is 31.6 Å². The first kappa shape index (κ1) is 15.5. The Bertz CT molecular complexity index is 663. The molecule has 1 aliphatic heterocycles. The topological polar surface area (TPSA) is 105 Å². The van der Waals surface area contributed by atoms with Gasteiger partial charge in [0.15, 0.2) is 5.60 Å². The largest absolute Gasteiger partial charge is 0.393 e. The molecule has 2 N–H and O–H groups in total. The molecule has 0 aliphatic carbocycles. The Balaban J connectivity index is 2.34. The number of aromatic nitrogens is 2. The molecule has 116 valence electrons. The number of carbonyl (C=O) groups excluding carboxylic acids is 1. The SMILES string of the molecule is Cc1cn([C@H]2CC[C@](CO)(C(=O)N(C)C)O2)c(=O)[nH]c1=O. The third-order valence-corrected chi connectivity index (χ3v) is 3.66. The number of carbonyl (C=O) groups is 1. The van der Waals surface area contributed by atoms with E-state index in [0.717, 1.165) is 0 Å². The van der Waals surface area contributed by atoms with E-state index in [0.29, 0.717) is 18.4 Å². The molecule has 8 heteroatoms. The highest BCUT2D eigenvalue weighted by molar-refractivity contribution is 5.85. The van der Waals surface area contributed by atoms with E-state index < -0.39 is 29.7 Å². The van der Waals surface area contributed by atoms with Crippen molar-refractivity contribution in [3.8, 4) is 0 Å². The first-order valence-corrected chi connectivity index (χ1v) is 6.63. The minimum atomic E-state index is -1.34. The van der Waals surface area contributed by atoms with E-state index in [1.165, 1.54) is 15.7 Å². The van der Waals surface area contributed by atoms with Gasteiger partial charge in [0, 0.05) is 25.9 Å². The van der Waals surface area contributed by atoms with Gasteiger partial charge in [0.1, 0.15) is 6.23 Å². The van der Waals surface area contributed by atoms with Crippen LogP contribution < -0.4 is 11.2 Å². The fourth-order valence-corrected chi connectivity index (χ4v) is 2.48. The van der Waals surface area contributed by atoms with Crippen LogP contribution in [0.2, 0.25) is 0 Å². The van der Waals surface area contributed by atoms with Crippen LogP contribution in [0.5, 0.6) is 0 Å². The Morgan fingerprint density at radius 2 is 2.24 bits per heavy atom. The zero-order valence-corrected chi connectivity index (χ0v) is 12.3. The molecule has 2 atom stereocenters. The van der Waals surface area contributed by atoms with Crippen LogP contribution in [-0.4, -0.2) is 51.8 Å². The Morgan fingerprint density at radius 1 is 1.57 bits per heavy atom. The summed E-state index contributed by atoms with van der Waals surface area (Å²) in [4.78, 5) is 38.9. The minimum Gasteiger partial charge on any atom is -0.393 e. The number of aromatic amines is 1. The Kier molecular flexibility index (Phi) is 4.02. The van der Waals surface area contributed by atoms with Crippen LogP contribution in [0.4, 0.5) is 0 Å². The van der Waals surface area contributed by atoms with Gasteiger partial charge < -0.3 is 14.7 Å². The van der Waals surface area contributed by atoms with Crippen LogP contribution in [0.25, 0.3) is 0 Å². The maximum absolute atomic E-state index is 12.2. The number of likely N-dealkylation sites (N-methyl/N-ethyl adjacent to an activating group) is 1. The molecule has 1 aromatic rings. The summed E-state index contributed by atoms with van der Waals surface area (Å²) >= 11 is 0. The lowest BCUT2D eigenvalue weighted by atomic mass is 10.00. The van der Waals surface area contributed by atoms with E-state index in [1.54, 1.807) is 21.0 Å². The molecular formula is C13H19N3O5. The number of hydrogen-bond acceptors (Lipinski definition) is 5. The summed E-state index contributed by atoms with van der Waals surface area (Å²) in [6.07, 6.45) is 1.41. The lowest BCUT2D eigenvalue weighted by Gasteiger charge is -2.29. The average Bonchev–Trinajstić information content (AvgIpc) is 2.87. The number of aliphatic hydroxyl groups is 1. The summed E-state index contributed by atoms with van der Waals surface area (Å²) in [6, 6.07) is 0. The highest BCUT2D eigenvalue weighted by Crippen LogP contribution is 2.36. The number of hydrogen-bond donors (Lipinski definition) is 2. The van der Waals surface area contributed by atoms with Gasteiger partial charge in [-0.2, -0.15) is 0 Å². The van der Waals surface area contributed by atoms with E-state index in [9.17, 15) is 19.5 Å². The number of aryl methyl sites for hydroxylation is 1. The summed E-state index contributed by atoms with van der Waals surface area (Å²) in [7, 11) is 3.15. The predicted molar refractivity (Wildman–Crippen MR) is 73.9 cm³/mol. The third kappa shape index (κ3) is 2.64. The molecule has 0 radical (unpaired) electrons. The highest BCUT2D eigenvalue weighted by atomic mass is 16.5. The van der Waals surface area contributed by atoms with Crippen molar-refractivity contribution in [2.24, 2.45) is 0 Å². The summed E-state index contributed by atoms with van der Waals surface area (Å²) in [6.45, 7) is 1.12. The van der Waals surface area contributed by atoms with Crippen LogP contribution in [0.3, 0.4) is 0 Å². The fraction of sp³-hybridized carbons (Fsp3) is 0.615. The quantitative estimate of drug-likeness (QED) is 0.742. The first-order chi connectivity index (χ1) is 9.80. The van der Waals surface area contributed by atoms with Crippen molar-refractivity contribution in [1.29, 1.82) is 0 Å². The van der Waals surface area contributed by atoms with Crippen molar-refractivity contribution < 1.29 is 14.6 Å². The maximum Gasteiger partial charge on any atom is 0.330 e. The van der Waals surface area contributed by atoms with E-state index in [2.05, 4.69) is 4.98 Å². The lowest BCUT2D eigenvalue weighted by molar-refractivity contribution is -0.164. The van der Waals surface area contributed by atoms with Crippen molar-refractivity contribution in [2.75, 3.05) is 20.7 Å². The Hall–Kier alpha value is -1.93. The first-order valence-electron chi connectivity index (χ1n) is 6.63. The van der Waals surface area contributed by atoms with E-state index in [1.807, 2.05) is 0 Å². The molecule has 0 spiro atoms. The summed E-state index contributed by atoms with van der Waals surface area (Å²) in [5, 5.41) is 9.55. The van der Waals surface area contributed by atoms with Gasteiger partial charge in [-0.05, 0) is 19.8 Å². The number of H-pyrrole nitrogens is 1. The number of nitrogens with one attached hydrogen (secondary N) is 1. The maximum atomic E-state index is 12.2. The standard InChI is InChI=1S/C13H19N3O5/c1-8-6-16(12(20)14-10(8)18)9-4-5-13(7-17,21-9)11(19)15(2)3/h6,9,17H,4-5,7H2,1-3H3,(H,14,18,20)/t9-,13+/m1/s1. The van der Waals surface area contributed by atoms with Crippen LogP contribution >= 0.6 is 0 Å². The second kappa shape index (κ2) is 5.45. The van der Waals surface area contributed by atoms with Crippen molar-refractivity contribution >= 4 is 5.91 Å². The molecule has 1 amide bonds. The van der Waals surface area contributed by atoms with E-state index >= 15 is 0 Å². The average molecular weight is 297 g/mol. The van der Waals surface area contributed by atoms with Gasteiger partial charge in [0.05, 0.1) is 6.61 Å².